The molecule has 1 amide bonds. The van der Waals surface area contributed by atoms with Crippen molar-refractivity contribution in [3.05, 3.63) is 54.1 Å². The monoisotopic (exact) mass is 451 g/mol. The lowest BCUT2D eigenvalue weighted by atomic mass is 9.99. The number of amides is 1. The fourth-order valence-electron chi connectivity index (χ4n) is 3.47. The van der Waals surface area contributed by atoms with E-state index in [0.717, 1.165) is 5.69 Å². The summed E-state index contributed by atoms with van der Waals surface area (Å²) in [5.41, 5.74) is 0.868. The van der Waals surface area contributed by atoms with Gasteiger partial charge in [-0.3, -0.25) is 10.1 Å². The fraction of sp³-hybridized carbons (Fsp3) is 0.435. The number of carbonyl (C=O) groups is 1. The highest BCUT2D eigenvalue weighted by molar-refractivity contribution is 5.81. The van der Waals surface area contributed by atoms with Gasteiger partial charge in [-0.2, -0.15) is 13.2 Å². The largest absolute Gasteiger partial charge is 0.454 e. The molecule has 174 valence electrons. The van der Waals surface area contributed by atoms with Crippen LogP contribution in [0.3, 0.4) is 0 Å². The third-order valence-electron chi connectivity index (χ3n) is 4.98. The van der Waals surface area contributed by atoms with Crippen molar-refractivity contribution < 1.29 is 27.4 Å². The molecule has 32 heavy (non-hydrogen) atoms. The smallest absolute Gasteiger partial charge is 0.407 e. The number of fused-ring (bicyclic) bond motifs is 1. The van der Waals surface area contributed by atoms with E-state index in [1.807, 2.05) is 19.9 Å². The second-order valence-corrected chi connectivity index (χ2v) is 8.02. The van der Waals surface area contributed by atoms with Crippen LogP contribution in [0, 0.1) is 5.92 Å². The number of ether oxygens (including phenoxy) is 2. The van der Waals surface area contributed by atoms with Gasteiger partial charge in [-0.15, -0.1) is 0 Å². The zero-order valence-corrected chi connectivity index (χ0v) is 18.0. The lowest BCUT2D eigenvalue weighted by molar-refractivity contribution is -0.161. The van der Waals surface area contributed by atoms with Crippen LogP contribution in [0.1, 0.15) is 31.9 Å². The number of rotatable bonds is 10. The SMILES string of the molecule is CC(C)CC(NC(c1ccccc1)C(F)(F)F)C(=O)NCCNc1ccc2c(c1)OCO2. The minimum atomic E-state index is -4.53. The van der Waals surface area contributed by atoms with Crippen molar-refractivity contribution in [3.63, 3.8) is 0 Å². The molecule has 0 saturated carbocycles. The molecule has 0 radical (unpaired) electrons. The Balaban J connectivity index is 1.57. The average molecular weight is 451 g/mol. The van der Waals surface area contributed by atoms with E-state index < -0.39 is 24.2 Å². The molecule has 0 bridgehead atoms. The fourth-order valence-corrected chi connectivity index (χ4v) is 3.47. The van der Waals surface area contributed by atoms with E-state index in [2.05, 4.69) is 16.0 Å². The number of carbonyl (C=O) groups excluding carboxylic acids is 1. The van der Waals surface area contributed by atoms with E-state index in [9.17, 15) is 18.0 Å². The molecule has 6 nitrogen and oxygen atoms in total. The van der Waals surface area contributed by atoms with Crippen molar-refractivity contribution in [1.29, 1.82) is 0 Å². The summed E-state index contributed by atoms with van der Waals surface area (Å²) in [6.07, 6.45) is -4.25. The first kappa shape index (κ1) is 23.7. The molecule has 1 aliphatic rings. The lowest BCUT2D eigenvalue weighted by Gasteiger charge is -2.28. The van der Waals surface area contributed by atoms with Gasteiger partial charge in [0, 0.05) is 24.8 Å². The zero-order chi connectivity index (χ0) is 23.1. The highest BCUT2D eigenvalue weighted by Gasteiger charge is 2.42. The van der Waals surface area contributed by atoms with E-state index in [4.69, 9.17) is 9.47 Å². The van der Waals surface area contributed by atoms with Crippen molar-refractivity contribution in [3.8, 4) is 11.5 Å². The number of benzene rings is 2. The van der Waals surface area contributed by atoms with E-state index in [0.29, 0.717) is 18.0 Å². The first-order valence-corrected chi connectivity index (χ1v) is 10.5. The van der Waals surface area contributed by atoms with Crippen LogP contribution in [-0.2, 0) is 4.79 Å². The van der Waals surface area contributed by atoms with Crippen LogP contribution in [0.4, 0.5) is 18.9 Å². The molecular formula is C23H28F3N3O3. The standard InChI is InChI=1S/C23H28F3N3O3/c1-15(2)12-18(29-21(23(24,25)26)16-6-4-3-5-7-16)22(30)28-11-10-27-17-8-9-19-20(13-17)32-14-31-19/h3-9,13,15,18,21,27,29H,10-12,14H2,1-2H3,(H,28,30). The van der Waals surface area contributed by atoms with Crippen molar-refractivity contribution in [2.45, 2.75) is 38.5 Å². The molecule has 0 fully saturated rings. The highest BCUT2D eigenvalue weighted by Crippen LogP contribution is 2.34. The first-order chi connectivity index (χ1) is 15.2. The molecule has 0 aromatic heterocycles. The molecule has 0 saturated heterocycles. The number of alkyl halides is 3. The predicted octanol–water partition coefficient (Wildman–Crippen LogP) is 4.25. The van der Waals surface area contributed by atoms with Gasteiger partial charge in [0.05, 0.1) is 6.04 Å². The van der Waals surface area contributed by atoms with Gasteiger partial charge < -0.3 is 20.1 Å². The van der Waals surface area contributed by atoms with Crippen molar-refractivity contribution >= 4 is 11.6 Å². The Morgan fingerprint density at radius 2 is 1.75 bits per heavy atom. The Bertz CT molecular complexity index is 891. The van der Waals surface area contributed by atoms with E-state index in [-0.39, 0.29) is 31.2 Å². The molecule has 3 N–H and O–H groups in total. The Morgan fingerprint density at radius 1 is 1.03 bits per heavy atom. The maximum atomic E-state index is 13.7. The van der Waals surface area contributed by atoms with Gasteiger partial charge in [0.2, 0.25) is 12.7 Å². The van der Waals surface area contributed by atoms with Crippen molar-refractivity contribution in [2.75, 3.05) is 25.2 Å². The topological polar surface area (TPSA) is 71.6 Å². The summed E-state index contributed by atoms with van der Waals surface area (Å²) in [6.45, 7) is 4.58. The van der Waals surface area contributed by atoms with Gasteiger partial charge in [0.15, 0.2) is 11.5 Å². The highest BCUT2D eigenvalue weighted by atomic mass is 19.4. The third-order valence-corrected chi connectivity index (χ3v) is 4.98. The summed E-state index contributed by atoms with van der Waals surface area (Å²) < 4.78 is 51.8. The number of hydrogen-bond donors (Lipinski definition) is 3. The Morgan fingerprint density at radius 3 is 2.44 bits per heavy atom. The summed E-state index contributed by atoms with van der Waals surface area (Å²) >= 11 is 0. The summed E-state index contributed by atoms with van der Waals surface area (Å²) in [5.74, 6) is 0.884. The van der Waals surface area contributed by atoms with Crippen LogP contribution in [0.5, 0.6) is 11.5 Å². The molecule has 9 heteroatoms. The van der Waals surface area contributed by atoms with Gasteiger partial charge in [0.25, 0.3) is 0 Å². The van der Waals surface area contributed by atoms with Gasteiger partial charge in [0.1, 0.15) is 6.04 Å². The normalized spacial score (nSPS) is 14.8. The minimum Gasteiger partial charge on any atom is -0.454 e. The third kappa shape index (κ3) is 6.53. The Hall–Kier alpha value is -2.94. The summed E-state index contributed by atoms with van der Waals surface area (Å²) in [6, 6.07) is 10.1. The second kappa shape index (κ2) is 10.6. The molecule has 2 atom stereocenters. The minimum absolute atomic E-state index is 0.0367. The molecule has 0 spiro atoms. The molecule has 2 aromatic carbocycles. The number of hydrogen-bond acceptors (Lipinski definition) is 5. The van der Waals surface area contributed by atoms with Gasteiger partial charge in [-0.25, -0.2) is 0 Å². The number of halogens is 3. The summed E-state index contributed by atoms with van der Waals surface area (Å²) in [4.78, 5) is 12.7. The van der Waals surface area contributed by atoms with Crippen molar-refractivity contribution in [2.24, 2.45) is 5.92 Å². The van der Waals surface area contributed by atoms with Crippen LogP contribution >= 0.6 is 0 Å². The van der Waals surface area contributed by atoms with Crippen LogP contribution in [0.2, 0.25) is 0 Å². The predicted molar refractivity (Wildman–Crippen MR) is 116 cm³/mol. The van der Waals surface area contributed by atoms with E-state index >= 15 is 0 Å². The molecule has 0 aliphatic carbocycles. The van der Waals surface area contributed by atoms with Crippen LogP contribution < -0.4 is 25.4 Å². The summed E-state index contributed by atoms with van der Waals surface area (Å²) in [7, 11) is 0. The Kier molecular flexibility index (Phi) is 7.84. The second-order valence-electron chi connectivity index (χ2n) is 8.02. The molecule has 1 heterocycles. The average Bonchev–Trinajstić information content (AvgIpc) is 3.21. The van der Waals surface area contributed by atoms with Crippen molar-refractivity contribution in [1.82, 2.24) is 10.6 Å². The van der Waals surface area contributed by atoms with Gasteiger partial charge in [-0.05, 0) is 30.0 Å². The maximum absolute atomic E-state index is 13.7. The van der Waals surface area contributed by atoms with Crippen LogP contribution in [0.25, 0.3) is 0 Å². The zero-order valence-electron chi connectivity index (χ0n) is 18.0. The quantitative estimate of drug-likeness (QED) is 0.471. The maximum Gasteiger partial charge on any atom is 0.407 e. The van der Waals surface area contributed by atoms with E-state index in [1.165, 1.54) is 12.1 Å². The van der Waals surface area contributed by atoms with Gasteiger partial charge in [-0.1, -0.05) is 44.2 Å². The number of anilines is 1. The Labute approximate surface area is 185 Å². The number of nitrogens with one attached hydrogen (secondary N) is 3. The van der Waals surface area contributed by atoms with Crippen LogP contribution in [0.15, 0.2) is 48.5 Å². The molecular weight excluding hydrogens is 423 g/mol. The molecule has 1 aliphatic heterocycles. The van der Waals surface area contributed by atoms with Crippen LogP contribution in [-0.4, -0.2) is 38.0 Å². The molecule has 2 unspecified atom stereocenters. The summed E-state index contributed by atoms with van der Waals surface area (Å²) in [5, 5.41) is 8.42. The molecule has 2 aromatic rings. The van der Waals surface area contributed by atoms with Gasteiger partial charge >= 0.3 is 6.18 Å². The lowest BCUT2D eigenvalue weighted by Crippen LogP contribution is -2.50. The van der Waals surface area contributed by atoms with E-state index in [1.54, 1.807) is 30.3 Å². The first-order valence-electron chi connectivity index (χ1n) is 10.5. The molecule has 3 rings (SSSR count).